The smallest absolute Gasteiger partial charge is 0.181 e. The van der Waals surface area contributed by atoms with Crippen molar-refractivity contribution in [3.8, 4) is 0 Å². The molecule has 1 heterocycles. The highest BCUT2D eigenvalue weighted by Gasteiger charge is 2.07. The molecule has 2 rings (SSSR count). The average Bonchev–Trinajstić information content (AvgIpc) is 2.65. The summed E-state index contributed by atoms with van der Waals surface area (Å²) in [6.45, 7) is 2.35. The lowest BCUT2D eigenvalue weighted by atomic mass is 9.98. The SMILES string of the molecule is CCC(CO)Cc1ccc2nc(N)sc2c1. The molecule has 0 aliphatic heterocycles. The van der Waals surface area contributed by atoms with Crippen molar-refractivity contribution in [3.05, 3.63) is 23.8 Å². The van der Waals surface area contributed by atoms with Gasteiger partial charge in [0.1, 0.15) is 0 Å². The van der Waals surface area contributed by atoms with E-state index in [1.807, 2.05) is 6.07 Å². The van der Waals surface area contributed by atoms with Gasteiger partial charge in [0, 0.05) is 6.61 Å². The molecule has 1 atom stereocenters. The van der Waals surface area contributed by atoms with Gasteiger partial charge in [0.05, 0.1) is 10.2 Å². The summed E-state index contributed by atoms with van der Waals surface area (Å²) < 4.78 is 1.13. The van der Waals surface area contributed by atoms with Crippen molar-refractivity contribution in [1.82, 2.24) is 4.98 Å². The molecule has 16 heavy (non-hydrogen) atoms. The van der Waals surface area contributed by atoms with Crippen LogP contribution in [0.5, 0.6) is 0 Å². The standard InChI is InChI=1S/C12H16N2OS/c1-2-8(7-15)5-9-3-4-10-11(6-9)16-12(13)14-10/h3-4,6,8,15H,2,5,7H2,1H3,(H2,13,14). The van der Waals surface area contributed by atoms with Crippen LogP contribution in [-0.4, -0.2) is 16.7 Å². The highest BCUT2D eigenvalue weighted by molar-refractivity contribution is 7.22. The van der Waals surface area contributed by atoms with Gasteiger partial charge in [-0.3, -0.25) is 0 Å². The van der Waals surface area contributed by atoms with Crippen LogP contribution in [-0.2, 0) is 6.42 Å². The van der Waals surface area contributed by atoms with Crippen LogP contribution in [0.25, 0.3) is 10.2 Å². The van der Waals surface area contributed by atoms with E-state index >= 15 is 0 Å². The minimum Gasteiger partial charge on any atom is -0.396 e. The second kappa shape index (κ2) is 4.80. The molecular weight excluding hydrogens is 220 g/mol. The Morgan fingerprint density at radius 2 is 2.31 bits per heavy atom. The molecule has 1 unspecified atom stereocenters. The third kappa shape index (κ3) is 2.33. The van der Waals surface area contributed by atoms with Crippen molar-refractivity contribution in [1.29, 1.82) is 0 Å². The molecule has 0 aliphatic carbocycles. The first-order valence-corrected chi connectivity index (χ1v) is 6.30. The van der Waals surface area contributed by atoms with Gasteiger partial charge in [0.2, 0.25) is 0 Å². The van der Waals surface area contributed by atoms with E-state index in [4.69, 9.17) is 5.73 Å². The van der Waals surface area contributed by atoms with Crippen molar-refractivity contribution in [2.24, 2.45) is 5.92 Å². The minimum absolute atomic E-state index is 0.249. The molecule has 1 aromatic carbocycles. The molecule has 3 nitrogen and oxygen atoms in total. The summed E-state index contributed by atoms with van der Waals surface area (Å²) in [5.41, 5.74) is 7.87. The van der Waals surface area contributed by atoms with E-state index in [2.05, 4.69) is 24.0 Å². The van der Waals surface area contributed by atoms with Crippen LogP contribution in [0.1, 0.15) is 18.9 Å². The number of aliphatic hydroxyl groups is 1. The molecule has 4 heteroatoms. The topological polar surface area (TPSA) is 59.1 Å². The van der Waals surface area contributed by atoms with Crippen LogP contribution in [0.4, 0.5) is 5.13 Å². The summed E-state index contributed by atoms with van der Waals surface area (Å²) in [5, 5.41) is 9.79. The number of aliphatic hydroxyl groups excluding tert-OH is 1. The molecule has 3 N–H and O–H groups in total. The Kier molecular flexibility index (Phi) is 3.41. The van der Waals surface area contributed by atoms with Gasteiger partial charge in [-0.15, -0.1) is 0 Å². The number of fused-ring (bicyclic) bond motifs is 1. The van der Waals surface area contributed by atoms with Crippen LogP contribution in [0, 0.1) is 5.92 Å². The molecule has 0 amide bonds. The number of nitrogens with two attached hydrogens (primary N) is 1. The van der Waals surface area contributed by atoms with Gasteiger partial charge in [-0.2, -0.15) is 0 Å². The van der Waals surface area contributed by atoms with Gasteiger partial charge >= 0.3 is 0 Å². The predicted octanol–water partition coefficient (Wildman–Crippen LogP) is 2.44. The Morgan fingerprint density at radius 1 is 1.50 bits per heavy atom. The molecule has 0 saturated heterocycles. The Hall–Kier alpha value is -1.13. The minimum atomic E-state index is 0.249. The monoisotopic (exact) mass is 236 g/mol. The number of aromatic nitrogens is 1. The molecule has 2 aromatic rings. The van der Waals surface area contributed by atoms with E-state index in [0.717, 1.165) is 23.1 Å². The lowest BCUT2D eigenvalue weighted by Crippen LogP contribution is -2.07. The molecule has 0 saturated carbocycles. The van der Waals surface area contributed by atoms with Crippen molar-refractivity contribution in [2.75, 3.05) is 12.3 Å². The van der Waals surface area contributed by atoms with Crippen molar-refractivity contribution in [3.63, 3.8) is 0 Å². The predicted molar refractivity (Wildman–Crippen MR) is 68.6 cm³/mol. The molecular formula is C12H16N2OS. The zero-order valence-electron chi connectivity index (χ0n) is 9.31. The number of nitrogen functional groups attached to an aromatic ring is 1. The maximum atomic E-state index is 9.17. The molecule has 0 aliphatic rings. The van der Waals surface area contributed by atoms with Gasteiger partial charge in [-0.1, -0.05) is 30.7 Å². The average molecular weight is 236 g/mol. The van der Waals surface area contributed by atoms with E-state index in [1.54, 1.807) is 0 Å². The highest BCUT2D eigenvalue weighted by atomic mass is 32.1. The summed E-state index contributed by atoms with van der Waals surface area (Å²) in [5.74, 6) is 0.350. The first-order valence-electron chi connectivity index (χ1n) is 5.48. The van der Waals surface area contributed by atoms with E-state index < -0.39 is 0 Å². The van der Waals surface area contributed by atoms with E-state index in [9.17, 15) is 5.11 Å². The van der Waals surface area contributed by atoms with Gasteiger partial charge in [-0.25, -0.2) is 4.98 Å². The molecule has 0 bridgehead atoms. The Balaban J connectivity index is 2.24. The normalized spacial score (nSPS) is 13.1. The van der Waals surface area contributed by atoms with Crippen LogP contribution >= 0.6 is 11.3 Å². The van der Waals surface area contributed by atoms with Crippen molar-refractivity contribution in [2.45, 2.75) is 19.8 Å². The van der Waals surface area contributed by atoms with E-state index in [-0.39, 0.29) is 6.61 Å². The summed E-state index contributed by atoms with van der Waals surface area (Å²) in [6, 6.07) is 6.20. The van der Waals surface area contributed by atoms with Crippen LogP contribution in [0.15, 0.2) is 18.2 Å². The number of anilines is 1. The number of hydrogen-bond donors (Lipinski definition) is 2. The fourth-order valence-corrected chi connectivity index (χ4v) is 2.58. The number of hydrogen-bond acceptors (Lipinski definition) is 4. The molecule has 0 spiro atoms. The first kappa shape index (κ1) is 11.4. The third-order valence-corrected chi connectivity index (χ3v) is 3.68. The third-order valence-electron chi connectivity index (χ3n) is 2.83. The van der Waals surface area contributed by atoms with Crippen molar-refractivity contribution >= 4 is 26.7 Å². The maximum Gasteiger partial charge on any atom is 0.181 e. The second-order valence-electron chi connectivity index (χ2n) is 4.02. The fourth-order valence-electron chi connectivity index (χ4n) is 1.79. The van der Waals surface area contributed by atoms with Crippen molar-refractivity contribution < 1.29 is 5.11 Å². The van der Waals surface area contributed by atoms with Crippen LogP contribution < -0.4 is 5.73 Å². The number of thiazole rings is 1. The summed E-state index contributed by atoms with van der Waals surface area (Å²) >= 11 is 1.51. The fraction of sp³-hybridized carbons (Fsp3) is 0.417. The largest absolute Gasteiger partial charge is 0.396 e. The lowest BCUT2D eigenvalue weighted by Gasteiger charge is -2.10. The molecule has 86 valence electrons. The Bertz CT molecular complexity index is 477. The molecule has 0 radical (unpaired) electrons. The molecule has 0 fully saturated rings. The summed E-state index contributed by atoms with van der Waals surface area (Å²) in [4.78, 5) is 4.22. The number of nitrogens with zero attached hydrogens (tertiary/aromatic N) is 1. The van der Waals surface area contributed by atoms with Gasteiger partial charge < -0.3 is 10.8 Å². The Labute approximate surface area is 98.9 Å². The number of rotatable bonds is 4. The van der Waals surface area contributed by atoms with Gasteiger partial charge in [-0.05, 0) is 30.0 Å². The maximum absolute atomic E-state index is 9.17. The zero-order chi connectivity index (χ0) is 11.5. The quantitative estimate of drug-likeness (QED) is 0.857. The number of benzene rings is 1. The zero-order valence-corrected chi connectivity index (χ0v) is 10.1. The van der Waals surface area contributed by atoms with E-state index in [1.165, 1.54) is 16.9 Å². The van der Waals surface area contributed by atoms with E-state index in [0.29, 0.717) is 11.0 Å². The van der Waals surface area contributed by atoms with Gasteiger partial charge in [0.25, 0.3) is 0 Å². The summed E-state index contributed by atoms with van der Waals surface area (Å²) in [6.07, 6.45) is 1.92. The highest BCUT2D eigenvalue weighted by Crippen LogP contribution is 2.25. The molecule has 1 aromatic heterocycles. The summed E-state index contributed by atoms with van der Waals surface area (Å²) in [7, 11) is 0. The second-order valence-corrected chi connectivity index (χ2v) is 5.08. The van der Waals surface area contributed by atoms with Crippen LogP contribution in [0.2, 0.25) is 0 Å². The van der Waals surface area contributed by atoms with Gasteiger partial charge in [0.15, 0.2) is 5.13 Å². The van der Waals surface area contributed by atoms with Crippen LogP contribution in [0.3, 0.4) is 0 Å². The Morgan fingerprint density at radius 3 is 3.00 bits per heavy atom. The lowest BCUT2D eigenvalue weighted by molar-refractivity contribution is 0.222. The first-order chi connectivity index (χ1) is 7.72.